The van der Waals surface area contributed by atoms with E-state index in [0.29, 0.717) is 12.0 Å². The molecule has 0 spiro atoms. The van der Waals surface area contributed by atoms with Crippen molar-refractivity contribution in [2.75, 3.05) is 6.61 Å². The van der Waals surface area contributed by atoms with E-state index < -0.39 is 12.3 Å². The summed E-state index contributed by atoms with van der Waals surface area (Å²) in [6, 6.07) is 0. The third-order valence-corrected chi connectivity index (χ3v) is 0.941. The lowest BCUT2D eigenvalue weighted by atomic mass is 10.3. The highest BCUT2D eigenvalue weighted by Gasteiger charge is 2.07. The second kappa shape index (κ2) is 9.22. The highest BCUT2D eigenvalue weighted by molar-refractivity contribution is 5.86. The van der Waals surface area contributed by atoms with E-state index in [0.717, 1.165) is 0 Å². The number of esters is 1. The number of aliphatic hydroxyl groups is 2. The maximum atomic E-state index is 10.6. The average molecular weight is 190 g/mol. The summed E-state index contributed by atoms with van der Waals surface area (Å²) in [6.07, 6.45) is -0.594. The van der Waals surface area contributed by atoms with Crippen molar-refractivity contribution in [3.8, 4) is 0 Å². The van der Waals surface area contributed by atoms with E-state index in [2.05, 4.69) is 11.3 Å². The topological polar surface area (TPSA) is 66.8 Å². The van der Waals surface area contributed by atoms with Gasteiger partial charge in [-0.3, -0.25) is 0 Å². The van der Waals surface area contributed by atoms with Gasteiger partial charge in [0, 0.05) is 18.6 Å². The second-order valence-electron chi connectivity index (χ2n) is 2.36. The Morgan fingerprint density at radius 1 is 1.54 bits per heavy atom. The van der Waals surface area contributed by atoms with Gasteiger partial charge in [0.25, 0.3) is 0 Å². The van der Waals surface area contributed by atoms with E-state index in [1.54, 1.807) is 13.8 Å². The first-order chi connectivity index (χ1) is 5.99. The number of rotatable bonds is 3. The third kappa shape index (κ3) is 11.1. The molecule has 0 bridgehead atoms. The molecule has 0 heterocycles. The van der Waals surface area contributed by atoms with Gasteiger partial charge >= 0.3 is 5.97 Å². The fraction of sp³-hybridized carbons (Fsp3) is 0.667. The van der Waals surface area contributed by atoms with Crippen LogP contribution in [-0.4, -0.2) is 29.1 Å². The van der Waals surface area contributed by atoms with Crippen LogP contribution in [0.4, 0.5) is 0 Å². The van der Waals surface area contributed by atoms with Crippen LogP contribution in [0.15, 0.2) is 12.2 Å². The van der Waals surface area contributed by atoms with Crippen molar-refractivity contribution in [1.29, 1.82) is 0 Å². The Balaban J connectivity index is 0. The minimum atomic E-state index is -0.996. The summed E-state index contributed by atoms with van der Waals surface area (Å²) in [7, 11) is 0. The molecule has 0 aliphatic rings. The van der Waals surface area contributed by atoms with Crippen LogP contribution in [-0.2, 0) is 9.53 Å². The number of carbonyl (C=O) groups excluding carboxylic acids is 1. The second-order valence-corrected chi connectivity index (χ2v) is 2.36. The summed E-state index contributed by atoms with van der Waals surface area (Å²) < 4.78 is 4.48. The molecule has 1 atom stereocenters. The van der Waals surface area contributed by atoms with E-state index in [4.69, 9.17) is 10.2 Å². The molecule has 0 aromatic rings. The van der Waals surface area contributed by atoms with E-state index in [1.807, 2.05) is 0 Å². The zero-order chi connectivity index (χ0) is 10.9. The Morgan fingerprint density at radius 2 is 1.92 bits per heavy atom. The SMILES string of the molecule is C=C(C)C(=O)OC(O)CC.CCO. The normalized spacial score (nSPS) is 10.8. The molecule has 0 fully saturated rings. The predicted molar refractivity (Wildman–Crippen MR) is 50.0 cm³/mol. The van der Waals surface area contributed by atoms with Crippen LogP contribution >= 0.6 is 0 Å². The lowest BCUT2D eigenvalue weighted by molar-refractivity contribution is -0.162. The molecule has 4 nitrogen and oxygen atoms in total. The molecule has 0 aliphatic carbocycles. The molecule has 0 aromatic carbocycles. The molecule has 0 aromatic heterocycles. The first-order valence-electron chi connectivity index (χ1n) is 4.14. The van der Waals surface area contributed by atoms with Crippen molar-refractivity contribution < 1.29 is 19.7 Å². The number of ether oxygens (including phenoxy) is 1. The van der Waals surface area contributed by atoms with Gasteiger partial charge in [-0.2, -0.15) is 0 Å². The minimum Gasteiger partial charge on any atom is -0.433 e. The van der Waals surface area contributed by atoms with Crippen molar-refractivity contribution in [3.63, 3.8) is 0 Å². The van der Waals surface area contributed by atoms with Crippen LogP contribution < -0.4 is 0 Å². The van der Waals surface area contributed by atoms with Crippen molar-refractivity contribution in [3.05, 3.63) is 12.2 Å². The van der Waals surface area contributed by atoms with Crippen LogP contribution in [0.3, 0.4) is 0 Å². The van der Waals surface area contributed by atoms with E-state index in [1.165, 1.54) is 6.92 Å². The minimum absolute atomic E-state index is 0.250. The smallest absolute Gasteiger partial charge is 0.335 e. The maximum absolute atomic E-state index is 10.6. The van der Waals surface area contributed by atoms with Gasteiger partial charge in [-0.25, -0.2) is 4.79 Å². The molecule has 1 unspecified atom stereocenters. The summed E-state index contributed by atoms with van der Waals surface area (Å²) in [6.45, 7) is 8.54. The van der Waals surface area contributed by atoms with E-state index >= 15 is 0 Å². The summed E-state index contributed by atoms with van der Waals surface area (Å²) in [4.78, 5) is 10.6. The van der Waals surface area contributed by atoms with Gasteiger partial charge in [0.2, 0.25) is 6.29 Å². The molecule has 0 amide bonds. The third-order valence-electron chi connectivity index (χ3n) is 0.941. The Kier molecular flexibility index (Phi) is 10.4. The van der Waals surface area contributed by atoms with Crippen molar-refractivity contribution in [1.82, 2.24) is 0 Å². The number of aliphatic hydroxyl groups excluding tert-OH is 2. The largest absolute Gasteiger partial charge is 0.433 e. The van der Waals surface area contributed by atoms with E-state index in [-0.39, 0.29) is 6.61 Å². The van der Waals surface area contributed by atoms with Crippen LogP contribution in [0.5, 0.6) is 0 Å². The lowest BCUT2D eigenvalue weighted by Gasteiger charge is -2.08. The molecule has 0 aliphatic heterocycles. The molecular formula is C9H18O4. The summed E-state index contributed by atoms with van der Waals surface area (Å²) in [5.41, 5.74) is 0.299. The van der Waals surface area contributed by atoms with Crippen LogP contribution in [0.2, 0.25) is 0 Å². The number of carbonyl (C=O) groups is 1. The standard InChI is InChI=1S/C7H12O3.C2H6O/c1-4-6(8)10-7(9)5(2)3;1-2-3/h6,8H,2,4H2,1,3H3;3H,2H2,1H3. The highest BCUT2D eigenvalue weighted by atomic mass is 16.6. The van der Waals surface area contributed by atoms with Gasteiger partial charge in [-0.1, -0.05) is 13.5 Å². The summed E-state index contributed by atoms with van der Waals surface area (Å²) in [5.74, 6) is -0.547. The van der Waals surface area contributed by atoms with Gasteiger partial charge in [0.1, 0.15) is 0 Å². The molecular weight excluding hydrogens is 172 g/mol. The highest BCUT2D eigenvalue weighted by Crippen LogP contribution is 1.98. The first-order valence-corrected chi connectivity index (χ1v) is 4.14. The molecule has 2 N–H and O–H groups in total. The Hall–Kier alpha value is -0.870. The number of hydrogen-bond acceptors (Lipinski definition) is 4. The molecule has 0 saturated heterocycles. The Morgan fingerprint density at radius 3 is 2.15 bits per heavy atom. The zero-order valence-corrected chi connectivity index (χ0v) is 8.41. The molecule has 0 radical (unpaired) electrons. The molecule has 13 heavy (non-hydrogen) atoms. The monoisotopic (exact) mass is 190 g/mol. The van der Waals surface area contributed by atoms with Crippen molar-refractivity contribution in [2.45, 2.75) is 33.5 Å². The summed E-state index contributed by atoms with van der Waals surface area (Å²) in [5, 5.41) is 16.4. The average Bonchev–Trinajstić information content (AvgIpc) is 2.05. The number of hydrogen-bond donors (Lipinski definition) is 2. The Labute approximate surface area is 78.8 Å². The maximum Gasteiger partial charge on any atom is 0.335 e. The molecule has 78 valence electrons. The molecule has 0 saturated carbocycles. The van der Waals surface area contributed by atoms with Crippen molar-refractivity contribution in [2.24, 2.45) is 0 Å². The first kappa shape index (κ1) is 14.6. The fourth-order valence-corrected chi connectivity index (χ4v) is 0.307. The van der Waals surface area contributed by atoms with Crippen LogP contribution in [0.1, 0.15) is 27.2 Å². The molecule has 0 rings (SSSR count). The van der Waals surface area contributed by atoms with Crippen LogP contribution in [0.25, 0.3) is 0 Å². The molecule has 4 heteroatoms. The van der Waals surface area contributed by atoms with Crippen molar-refractivity contribution >= 4 is 5.97 Å². The zero-order valence-electron chi connectivity index (χ0n) is 8.41. The van der Waals surface area contributed by atoms with E-state index in [9.17, 15) is 4.79 Å². The Bertz CT molecular complexity index is 154. The van der Waals surface area contributed by atoms with Crippen LogP contribution in [0, 0.1) is 0 Å². The van der Waals surface area contributed by atoms with Gasteiger partial charge < -0.3 is 14.9 Å². The quantitative estimate of drug-likeness (QED) is 0.393. The fourth-order valence-electron chi connectivity index (χ4n) is 0.307. The van der Waals surface area contributed by atoms with Gasteiger partial charge in [-0.15, -0.1) is 0 Å². The predicted octanol–water partition coefficient (Wildman–Crippen LogP) is 0.833. The lowest BCUT2D eigenvalue weighted by Crippen LogP contribution is -2.16. The summed E-state index contributed by atoms with van der Waals surface area (Å²) >= 11 is 0. The van der Waals surface area contributed by atoms with Gasteiger partial charge in [0.15, 0.2) is 0 Å². The van der Waals surface area contributed by atoms with Gasteiger partial charge in [-0.05, 0) is 13.8 Å². The van der Waals surface area contributed by atoms with Gasteiger partial charge in [0.05, 0.1) is 0 Å².